The summed E-state index contributed by atoms with van der Waals surface area (Å²) in [6, 6.07) is 8.79. The summed E-state index contributed by atoms with van der Waals surface area (Å²) in [4.78, 5) is 20.2. The van der Waals surface area contributed by atoms with Crippen molar-refractivity contribution in [1.82, 2.24) is 14.8 Å². The molecule has 0 bridgehead atoms. The number of rotatable bonds is 4. The third kappa shape index (κ3) is 5.85. The Morgan fingerprint density at radius 3 is 2.48 bits per heavy atom. The summed E-state index contributed by atoms with van der Waals surface area (Å²) < 4.78 is 40.7. The van der Waals surface area contributed by atoms with Crippen LogP contribution < -0.4 is 10.1 Å². The Hall–Kier alpha value is -2.81. The lowest BCUT2D eigenvalue weighted by Crippen LogP contribution is -2.49. The lowest BCUT2D eigenvalue weighted by atomic mass is 10.2. The number of aromatic nitrogens is 1. The number of hydrogen-bond acceptors (Lipinski definition) is 4. The van der Waals surface area contributed by atoms with E-state index in [9.17, 15) is 18.0 Å². The van der Waals surface area contributed by atoms with Crippen LogP contribution in [0.1, 0.15) is 5.56 Å². The first-order valence-electron chi connectivity index (χ1n) is 8.42. The summed E-state index contributed by atoms with van der Waals surface area (Å²) in [5.41, 5.74) is 1.41. The van der Waals surface area contributed by atoms with Gasteiger partial charge >= 0.3 is 12.4 Å². The van der Waals surface area contributed by atoms with E-state index in [1.54, 1.807) is 17.3 Å². The van der Waals surface area contributed by atoms with Crippen LogP contribution >= 0.6 is 0 Å². The van der Waals surface area contributed by atoms with E-state index < -0.39 is 6.36 Å². The number of ether oxygens (including phenoxy) is 1. The van der Waals surface area contributed by atoms with Gasteiger partial charge in [-0.2, -0.15) is 0 Å². The standard InChI is InChI=1S/C18H19F3N4O2/c19-18(20,21)27-16-3-1-2-15(12-16)23-17(26)25-10-8-24(9-11-25)13-14-4-6-22-7-5-14/h1-7,12H,8-11,13H2,(H,23,26). The molecule has 0 aliphatic carbocycles. The van der Waals surface area contributed by atoms with Crippen LogP contribution in [0.4, 0.5) is 23.7 Å². The van der Waals surface area contributed by atoms with E-state index in [4.69, 9.17) is 0 Å². The van der Waals surface area contributed by atoms with E-state index in [-0.39, 0.29) is 17.5 Å². The molecule has 0 atom stereocenters. The topological polar surface area (TPSA) is 57.7 Å². The van der Waals surface area contributed by atoms with E-state index in [0.717, 1.165) is 18.2 Å². The van der Waals surface area contributed by atoms with Gasteiger partial charge in [-0.25, -0.2) is 4.79 Å². The molecule has 1 fully saturated rings. The highest BCUT2D eigenvalue weighted by Gasteiger charge is 2.31. The van der Waals surface area contributed by atoms with Crippen molar-refractivity contribution in [1.29, 1.82) is 0 Å². The minimum Gasteiger partial charge on any atom is -0.406 e. The summed E-state index contributed by atoms with van der Waals surface area (Å²) in [6.45, 7) is 3.29. The average Bonchev–Trinajstić information content (AvgIpc) is 2.62. The predicted molar refractivity (Wildman–Crippen MR) is 93.2 cm³/mol. The highest BCUT2D eigenvalue weighted by Crippen LogP contribution is 2.25. The molecule has 1 saturated heterocycles. The molecule has 2 amide bonds. The number of alkyl halides is 3. The Kier molecular flexibility index (Phi) is 5.80. The van der Waals surface area contributed by atoms with E-state index in [1.165, 1.54) is 18.2 Å². The first kappa shape index (κ1) is 19.0. The zero-order valence-electron chi connectivity index (χ0n) is 14.4. The normalized spacial score (nSPS) is 15.4. The van der Waals surface area contributed by atoms with Crippen LogP contribution in [0.25, 0.3) is 0 Å². The van der Waals surface area contributed by atoms with Crippen molar-refractivity contribution >= 4 is 11.7 Å². The van der Waals surface area contributed by atoms with Crippen LogP contribution in [-0.2, 0) is 6.54 Å². The van der Waals surface area contributed by atoms with Crippen LogP contribution in [0.2, 0.25) is 0 Å². The number of pyridine rings is 1. The van der Waals surface area contributed by atoms with Crippen molar-refractivity contribution in [3.63, 3.8) is 0 Å². The molecule has 9 heteroatoms. The van der Waals surface area contributed by atoms with Crippen LogP contribution in [-0.4, -0.2) is 53.4 Å². The third-order valence-electron chi connectivity index (χ3n) is 4.13. The number of halogens is 3. The molecule has 0 saturated carbocycles. The molecule has 1 aliphatic heterocycles. The second-order valence-corrected chi connectivity index (χ2v) is 6.12. The average molecular weight is 380 g/mol. The highest BCUT2D eigenvalue weighted by molar-refractivity contribution is 5.89. The number of urea groups is 1. The van der Waals surface area contributed by atoms with Gasteiger partial charge in [-0.3, -0.25) is 9.88 Å². The summed E-state index contributed by atoms with van der Waals surface area (Å²) in [7, 11) is 0. The van der Waals surface area contributed by atoms with E-state index in [2.05, 4.69) is 19.9 Å². The fraction of sp³-hybridized carbons (Fsp3) is 0.333. The molecule has 2 heterocycles. The maximum atomic E-state index is 12.4. The number of benzene rings is 1. The van der Waals surface area contributed by atoms with E-state index >= 15 is 0 Å². The molecular weight excluding hydrogens is 361 g/mol. The van der Waals surface area contributed by atoms with Gasteiger partial charge < -0.3 is 15.0 Å². The predicted octanol–water partition coefficient (Wildman–Crippen LogP) is 3.33. The molecule has 2 aromatic rings. The quantitative estimate of drug-likeness (QED) is 0.884. The van der Waals surface area contributed by atoms with Crippen molar-refractivity contribution in [2.45, 2.75) is 12.9 Å². The summed E-state index contributed by atoms with van der Waals surface area (Å²) in [6.07, 6.45) is -1.28. The number of amides is 2. The van der Waals surface area contributed by atoms with Gasteiger partial charge in [0.05, 0.1) is 0 Å². The first-order valence-corrected chi connectivity index (χ1v) is 8.42. The van der Waals surface area contributed by atoms with Crippen molar-refractivity contribution in [3.8, 4) is 5.75 Å². The number of carbonyl (C=O) groups is 1. The number of hydrogen-bond donors (Lipinski definition) is 1. The molecule has 1 aromatic carbocycles. The fourth-order valence-electron chi connectivity index (χ4n) is 2.83. The Bertz CT molecular complexity index is 763. The fourth-order valence-corrected chi connectivity index (χ4v) is 2.83. The van der Waals surface area contributed by atoms with Crippen molar-refractivity contribution in [3.05, 3.63) is 54.4 Å². The third-order valence-corrected chi connectivity index (χ3v) is 4.13. The molecule has 6 nitrogen and oxygen atoms in total. The van der Waals surface area contributed by atoms with Crippen LogP contribution in [0.3, 0.4) is 0 Å². The Balaban J connectivity index is 1.50. The van der Waals surface area contributed by atoms with Gasteiger partial charge in [-0.1, -0.05) is 6.07 Å². The van der Waals surface area contributed by atoms with Crippen LogP contribution in [0.15, 0.2) is 48.8 Å². The molecule has 1 N–H and O–H groups in total. The zero-order valence-corrected chi connectivity index (χ0v) is 14.4. The minimum absolute atomic E-state index is 0.251. The van der Waals surface area contributed by atoms with Crippen molar-refractivity contribution < 1.29 is 22.7 Å². The van der Waals surface area contributed by atoms with Gasteiger partial charge in [0.25, 0.3) is 0 Å². The summed E-state index contributed by atoms with van der Waals surface area (Å²) in [5.74, 6) is -0.373. The van der Waals surface area contributed by atoms with Gasteiger partial charge in [-0.05, 0) is 29.8 Å². The summed E-state index contributed by atoms with van der Waals surface area (Å²) >= 11 is 0. The molecule has 144 valence electrons. The van der Waals surface area contributed by atoms with Gasteiger partial charge in [0.2, 0.25) is 0 Å². The number of anilines is 1. The largest absolute Gasteiger partial charge is 0.573 e. The SMILES string of the molecule is O=C(Nc1cccc(OC(F)(F)F)c1)N1CCN(Cc2ccncc2)CC1. The molecule has 0 spiro atoms. The molecule has 0 unspecified atom stereocenters. The van der Waals surface area contributed by atoms with Crippen LogP contribution in [0, 0.1) is 0 Å². The maximum Gasteiger partial charge on any atom is 0.573 e. The molecule has 0 radical (unpaired) electrons. The molecular formula is C18H19F3N4O2. The smallest absolute Gasteiger partial charge is 0.406 e. The second-order valence-electron chi connectivity index (χ2n) is 6.12. The lowest BCUT2D eigenvalue weighted by molar-refractivity contribution is -0.274. The van der Waals surface area contributed by atoms with Crippen molar-refractivity contribution in [2.75, 3.05) is 31.5 Å². The van der Waals surface area contributed by atoms with Gasteiger partial charge in [0.1, 0.15) is 5.75 Å². The molecule has 1 aromatic heterocycles. The lowest BCUT2D eigenvalue weighted by Gasteiger charge is -2.34. The zero-order chi connectivity index (χ0) is 19.3. The molecule has 3 rings (SSSR count). The molecule has 27 heavy (non-hydrogen) atoms. The van der Waals surface area contributed by atoms with Crippen LogP contribution in [0.5, 0.6) is 5.75 Å². The van der Waals surface area contributed by atoms with Crippen molar-refractivity contribution in [2.24, 2.45) is 0 Å². The number of nitrogens with zero attached hydrogens (tertiary/aromatic N) is 3. The molecule has 1 aliphatic rings. The number of piperazine rings is 1. The number of carbonyl (C=O) groups excluding carboxylic acids is 1. The van der Waals surface area contributed by atoms with E-state index in [0.29, 0.717) is 26.2 Å². The minimum atomic E-state index is -4.77. The monoisotopic (exact) mass is 380 g/mol. The van der Waals surface area contributed by atoms with Gasteiger partial charge in [0, 0.05) is 56.9 Å². The van der Waals surface area contributed by atoms with Gasteiger partial charge in [-0.15, -0.1) is 13.2 Å². The number of nitrogens with one attached hydrogen (secondary N) is 1. The second kappa shape index (κ2) is 8.26. The first-order chi connectivity index (χ1) is 12.9. The highest BCUT2D eigenvalue weighted by atomic mass is 19.4. The maximum absolute atomic E-state index is 12.4. The van der Waals surface area contributed by atoms with Gasteiger partial charge in [0.15, 0.2) is 0 Å². The summed E-state index contributed by atoms with van der Waals surface area (Å²) in [5, 5.41) is 2.62. The Labute approximate surface area is 154 Å². The Morgan fingerprint density at radius 1 is 1.11 bits per heavy atom. The Morgan fingerprint density at radius 2 is 1.81 bits per heavy atom. The van der Waals surface area contributed by atoms with E-state index in [1.807, 2.05) is 12.1 Å².